The largest absolute Gasteiger partial charge is 0.542 e. The minimum Gasteiger partial charge on any atom is -0.542 e. The van der Waals surface area contributed by atoms with E-state index in [1.807, 2.05) is 19.2 Å². The summed E-state index contributed by atoms with van der Waals surface area (Å²) in [6, 6.07) is 1.84. The van der Waals surface area contributed by atoms with Crippen molar-refractivity contribution in [2.24, 2.45) is 0 Å². The van der Waals surface area contributed by atoms with Crippen molar-refractivity contribution < 1.29 is 8.84 Å². The predicted molar refractivity (Wildman–Crippen MR) is 63.1 cm³/mol. The van der Waals surface area contributed by atoms with Crippen molar-refractivity contribution in [3.63, 3.8) is 0 Å². The van der Waals surface area contributed by atoms with Gasteiger partial charge in [0.25, 0.3) is 0 Å². The summed E-state index contributed by atoms with van der Waals surface area (Å²) in [6.07, 6.45) is 4.51. The Morgan fingerprint density at radius 3 is 2.80 bits per heavy atom. The summed E-state index contributed by atoms with van der Waals surface area (Å²) in [5.74, 6) is 0.438. The molecule has 0 fully saturated rings. The smallest absolute Gasteiger partial charge is 0.377 e. The van der Waals surface area contributed by atoms with Crippen LogP contribution in [0, 0.1) is 0 Å². The third-order valence-electron chi connectivity index (χ3n) is 2.07. The van der Waals surface area contributed by atoms with Gasteiger partial charge in [-0.15, -0.1) is 0 Å². The van der Waals surface area contributed by atoms with Crippen molar-refractivity contribution in [3.8, 4) is 5.75 Å². The van der Waals surface area contributed by atoms with E-state index in [0.29, 0.717) is 5.75 Å². The third kappa shape index (κ3) is 3.55. The number of unbranched alkanes of at least 4 members (excludes halogenated alkanes) is 1. The lowest BCUT2D eigenvalue weighted by Crippen LogP contribution is -2.18. The maximum atomic E-state index is 11.5. The Morgan fingerprint density at radius 1 is 1.47 bits per heavy atom. The first-order valence-electron chi connectivity index (χ1n) is 5.42. The van der Waals surface area contributed by atoms with E-state index in [2.05, 4.69) is 6.92 Å². The van der Waals surface area contributed by atoms with E-state index in [1.165, 1.54) is 6.26 Å². The minimum absolute atomic E-state index is 0.343. The fourth-order valence-electron chi connectivity index (χ4n) is 1.36. The molecule has 0 unspecified atom stereocenters. The molecule has 84 valence electrons. The zero-order chi connectivity index (χ0) is 11.3. The molecule has 0 N–H and O–H groups in total. The highest BCUT2D eigenvalue weighted by Crippen LogP contribution is 2.16. The van der Waals surface area contributed by atoms with Gasteiger partial charge in [0.15, 0.2) is 5.75 Å². The molecule has 0 atom stereocenters. The molecule has 0 radical (unpaired) electrons. The lowest BCUT2D eigenvalue weighted by molar-refractivity contribution is 0.454. The second-order valence-electron chi connectivity index (χ2n) is 3.83. The van der Waals surface area contributed by atoms with Gasteiger partial charge in [0, 0.05) is 5.56 Å². The summed E-state index contributed by atoms with van der Waals surface area (Å²) in [5, 5.41) is 0. The lowest BCUT2D eigenvalue weighted by Gasteiger charge is -2.11. The molecule has 3 nitrogen and oxygen atoms in total. The fourth-order valence-corrected chi connectivity index (χ4v) is 2.08. The topological polar surface area (TPSA) is 39.4 Å². The Labute approximate surface area is 91.8 Å². The zero-order valence-corrected chi connectivity index (χ0v) is 10.7. The third-order valence-corrected chi connectivity index (χ3v) is 2.78. The Bertz CT molecular complexity index is 357. The van der Waals surface area contributed by atoms with Gasteiger partial charge >= 0.3 is 5.63 Å². The first-order chi connectivity index (χ1) is 7.15. The summed E-state index contributed by atoms with van der Waals surface area (Å²) in [7, 11) is -1.25. The summed E-state index contributed by atoms with van der Waals surface area (Å²) in [5.41, 5.74) is 0.638. The van der Waals surface area contributed by atoms with Crippen LogP contribution in [0.5, 0.6) is 5.75 Å². The minimum atomic E-state index is -1.25. The molecule has 15 heavy (non-hydrogen) atoms. The maximum absolute atomic E-state index is 11.5. The first kappa shape index (κ1) is 12.0. The number of hydrogen-bond donors (Lipinski definition) is 0. The summed E-state index contributed by atoms with van der Waals surface area (Å²) >= 11 is 0. The first-order valence-corrected chi connectivity index (χ1v) is 8.20. The van der Waals surface area contributed by atoms with E-state index in [9.17, 15) is 4.79 Å². The van der Waals surface area contributed by atoms with E-state index in [0.717, 1.165) is 24.8 Å². The Balaban J connectivity index is 2.92. The van der Waals surface area contributed by atoms with Crippen molar-refractivity contribution in [3.05, 3.63) is 28.3 Å². The normalized spacial score (nSPS) is 10.7. The molecule has 0 saturated heterocycles. The van der Waals surface area contributed by atoms with Gasteiger partial charge in [0.2, 0.25) is 9.04 Å². The van der Waals surface area contributed by atoms with Crippen LogP contribution in [0.2, 0.25) is 13.1 Å². The molecule has 0 aromatic carbocycles. The van der Waals surface area contributed by atoms with Crippen LogP contribution in [-0.2, 0) is 6.42 Å². The number of aryl methyl sites for hydroxylation is 1. The van der Waals surface area contributed by atoms with E-state index < -0.39 is 9.04 Å². The molecule has 0 saturated carbocycles. The van der Waals surface area contributed by atoms with Crippen molar-refractivity contribution in [2.75, 3.05) is 0 Å². The van der Waals surface area contributed by atoms with E-state index >= 15 is 0 Å². The molecule has 0 aliphatic heterocycles. The highest BCUT2D eigenvalue weighted by Gasteiger charge is 2.11. The molecule has 4 heteroatoms. The molecule has 0 aliphatic carbocycles. The average Bonchev–Trinajstić information content (AvgIpc) is 2.18. The van der Waals surface area contributed by atoms with Crippen LogP contribution in [0.25, 0.3) is 0 Å². The van der Waals surface area contributed by atoms with Crippen LogP contribution in [0.4, 0.5) is 0 Å². The fraction of sp³-hybridized carbons (Fsp3) is 0.545. The van der Waals surface area contributed by atoms with Gasteiger partial charge in [-0.05, 0) is 32.0 Å². The summed E-state index contributed by atoms with van der Waals surface area (Å²) < 4.78 is 10.4. The van der Waals surface area contributed by atoms with Gasteiger partial charge in [0.05, 0.1) is 6.26 Å². The van der Waals surface area contributed by atoms with Crippen molar-refractivity contribution in [1.82, 2.24) is 0 Å². The van der Waals surface area contributed by atoms with Crippen LogP contribution in [0.1, 0.15) is 25.3 Å². The van der Waals surface area contributed by atoms with Crippen LogP contribution in [0.3, 0.4) is 0 Å². The van der Waals surface area contributed by atoms with Crippen molar-refractivity contribution >= 4 is 9.04 Å². The molecular weight excluding hydrogens is 208 g/mol. The molecule has 0 spiro atoms. The van der Waals surface area contributed by atoms with Crippen LogP contribution in [-0.4, -0.2) is 9.04 Å². The van der Waals surface area contributed by atoms with Crippen molar-refractivity contribution in [1.29, 1.82) is 0 Å². The Kier molecular flexibility index (Phi) is 4.62. The van der Waals surface area contributed by atoms with E-state index in [-0.39, 0.29) is 5.63 Å². The van der Waals surface area contributed by atoms with Gasteiger partial charge in [-0.25, -0.2) is 4.79 Å². The van der Waals surface area contributed by atoms with Gasteiger partial charge < -0.3 is 8.84 Å². The molecule has 1 aromatic rings. The van der Waals surface area contributed by atoms with Gasteiger partial charge in [-0.2, -0.15) is 0 Å². The average molecular weight is 226 g/mol. The second kappa shape index (κ2) is 5.75. The molecule has 0 aliphatic rings. The predicted octanol–water partition coefficient (Wildman–Crippen LogP) is 2.34. The highest BCUT2D eigenvalue weighted by atomic mass is 28.3. The lowest BCUT2D eigenvalue weighted by atomic mass is 10.1. The Morgan fingerprint density at radius 2 is 2.20 bits per heavy atom. The number of rotatable bonds is 5. The second-order valence-corrected chi connectivity index (χ2v) is 6.17. The van der Waals surface area contributed by atoms with Gasteiger partial charge in [0.1, 0.15) is 0 Å². The Hall–Kier alpha value is -1.03. The molecule has 1 heterocycles. The quantitative estimate of drug-likeness (QED) is 0.723. The highest BCUT2D eigenvalue weighted by molar-refractivity contribution is 6.49. The molecule has 1 rings (SSSR count). The van der Waals surface area contributed by atoms with E-state index in [1.54, 1.807) is 0 Å². The van der Waals surface area contributed by atoms with E-state index in [4.69, 9.17) is 8.84 Å². The van der Waals surface area contributed by atoms with Gasteiger partial charge in [-0.1, -0.05) is 13.3 Å². The SMILES string of the molecule is CCCCc1ccoc(=O)c1O[SiH](C)C. The molecule has 1 aromatic heterocycles. The summed E-state index contributed by atoms with van der Waals surface area (Å²) in [6.45, 7) is 6.20. The van der Waals surface area contributed by atoms with Crippen LogP contribution in [0.15, 0.2) is 21.5 Å². The van der Waals surface area contributed by atoms with Crippen LogP contribution < -0.4 is 10.1 Å². The zero-order valence-electron chi connectivity index (χ0n) is 9.58. The molecular formula is C11H18O3Si. The van der Waals surface area contributed by atoms with Gasteiger partial charge in [-0.3, -0.25) is 0 Å². The number of hydrogen-bond acceptors (Lipinski definition) is 3. The molecule has 0 bridgehead atoms. The standard InChI is InChI=1S/C11H18O3Si/c1-4-5-6-9-7-8-13-11(12)10(9)14-15(2)3/h7-8,15H,4-6H2,1-3H3. The molecule has 0 amide bonds. The van der Waals surface area contributed by atoms with Crippen molar-refractivity contribution in [2.45, 2.75) is 39.3 Å². The monoisotopic (exact) mass is 226 g/mol. The maximum Gasteiger partial charge on any atom is 0.377 e. The summed E-state index contributed by atoms with van der Waals surface area (Å²) in [4.78, 5) is 11.5. The van der Waals surface area contributed by atoms with Crippen LogP contribution >= 0.6 is 0 Å².